The Morgan fingerprint density at radius 1 is 1.23 bits per heavy atom. The van der Waals surface area contributed by atoms with E-state index in [1.54, 1.807) is 5.38 Å². The van der Waals surface area contributed by atoms with Crippen molar-refractivity contribution in [2.75, 3.05) is 5.32 Å². The van der Waals surface area contributed by atoms with E-state index in [1.165, 1.54) is 13.0 Å². The molecule has 1 aliphatic carbocycles. The molecule has 3 rings (SSSR count). The minimum Gasteiger partial charge on any atom is -0.351 e. The molecule has 2 N–H and O–H groups in total. The average Bonchev–Trinajstić information content (AvgIpc) is 3.32. The summed E-state index contributed by atoms with van der Waals surface area (Å²) in [4.78, 5) is 40.6. The van der Waals surface area contributed by atoms with Crippen LogP contribution in [-0.4, -0.2) is 22.6 Å². The van der Waals surface area contributed by atoms with Gasteiger partial charge in [-0.05, 0) is 29.7 Å². The molecule has 2 amide bonds. The highest BCUT2D eigenvalue weighted by Gasteiger charge is 2.48. The number of benzene rings is 1. The number of halogens is 4. The van der Waals surface area contributed by atoms with Crippen LogP contribution in [0.3, 0.4) is 0 Å². The van der Waals surface area contributed by atoms with Crippen molar-refractivity contribution in [2.45, 2.75) is 51.0 Å². The molecule has 6 nitrogen and oxygen atoms in total. The van der Waals surface area contributed by atoms with E-state index in [0.29, 0.717) is 5.69 Å². The quantitative estimate of drug-likeness (QED) is 0.644. The predicted molar refractivity (Wildman–Crippen MR) is 105 cm³/mol. The first-order valence-corrected chi connectivity index (χ1v) is 10.2. The molecule has 166 valence electrons. The molecule has 1 aromatic carbocycles. The van der Waals surface area contributed by atoms with Gasteiger partial charge >= 0.3 is 6.18 Å². The summed E-state index contributed by atoms with van der Waals surface area (Å²) in [6, 6.07) is 2.82. The fourth-order valence-corrected chi connectivity index (χ4v) is 4.41. The maximum atomic E-state index is 13.1. The van der Waals surface area contributed by atoms with Crippen LogP contribution in [0.1, 0.15) is 48.6 Å². The van der Waals surface area contributed by atoms with Gasteiger partial charge < -0.3 is 10.6 Å². The Bertz CT molecular complexity index is 1020. The maximum Gasteiger partial charge on any atom is 0.416 e. The number of anilines is 1. The highest BCUT2D eigenvalue weighted by Crippen LogP contribution is 2.41. The number of alkyl halides is 4. The minimum absolute atomic E-state index is 0.0903. The number of hydrogen-bond donors (Lipinski definition) is 2. The molecule has 1 fully saturated rings. The first kappa shape index (κ1) is 22.9. The van der Waals surface area contributed by atoms with Gasteiger partial charge in [-0.25, -0.2) is 9.37 Å². The molecule has 1 aliphatic rings. The summed E-state index contributed by atoms with van der Waals surface area (Å²) >= 11 is 1.10. The molecular weight excluding hydrogens is 438 g/mol. The average molecular weight is 457 g/mol. The number of aromatic nitrogens is 1. The highest BCUT2D eigenvalue weighted by molar-refractivity contribution is 7.14. The molecule has 1 heterocycles. The van der Waals surface area contributed by atoms with Crippen molar-refractivity contribution in [3.05, 3.63) is 46.0 Å². The second-order valence-corrected chi connectivity index (χ2v) is 8.23. The number of Topliss-reactive ketones (excluding diaryl/α,β-unsaturated/α-hetero) is 1. The van der Waals surface area contributed by atoms with Crippen LogP contribution in [-0.2, 0) is 39.2 Å². The van der Waals surface area contributed by atoms with Crippen molar-refractivity contribution in [1.82, 2.24) is 10.3 Å². The van der Waals surface area contributed by atoms with E-state index in [9.17, 15) is 31.9 Å². The number of nitrogens with zero attached hydrogens (tertiary/aromatic N) is 1. The summed E-state index contributed by atoms with van der Waals surface area (Å²) in [6.45, 7) is -0.0359. The minimum atomic E-state index is -4.65. The molecule has 1 unspecified atom stereocenters. The Kier molecular flexibility index (Phi) is 6.44. The van der Waals surface area contributed by atoms with Crippen molar-refractivity contribution in [3.8, 4) is 0 Å². The van der Waals surface area contributed by atoms with Gasteiger partial charge in [0, 0.05) is 31.7 Å². The van der Waals surface area contributed by atoms with Gasteiger partial charge in [0.1, 0.15) is 12.5 Å². The zero-order valence-corrected chi connectivity index (χ0v) is 17.3. The smallest absolute Gasteiger partial charge is 0.351 e. The number of amides is 2. The Hall–Kier alpha value is -2.82. The third kappa shape index (κ3) is 5.09. The summed E-state index contributed by atoms with van der Waals surface area (Å²) in [5.74, 6) is -1.03. The summed E-state index contributed by atoms with van der Waals surface area (Å²) in [5.41, 5.74) is -2.01. The molecule has 0 saturated heterocycles. The Labute approximate surface area is 179 Å². The van der Waals surface area contributed by atoms with E-state index >= 15 is 0 Å². The zero-order chi connectivity index (χ0) is 22.8. The first-order chi connectivity index (χ1) is 14.5. The molecule has 0 aliphatic heterocycles. The van der Waals surface area contributed by atoms with Crippen LogP contribution in [0, 0.1) is 0 Å². The standard InChI is InChI=1S/C20H19F4N3O3S/c1-11(28)26-18-27-16(10-31-18)19(3-2-15(29)7-19)17(30)25-9-13-4-12(8-21)5-14(6-13)20(22,23)24/h4-6,10H,2-3,7-9H2,1H3,(H,25,30)(H,26,27,28). The largest absolute Gasteiger partial charge is 0.416 e. The van der Waals surface area contributed by atoms with Gasteiger partial charge in [-0.3, -0.25) is 14.4 Å². The number of nitrogens with one attached hydrogen (secondary N) is 2. The maximum absolute atomic E-state index is 13.1. The molecule has 11 heteroatoms. The first-order valence-electron chi connectivity index (χ1n) is 9.33. The summed E-state index contributed by atoms with van der Waals surface area (Å²) in [7, 11) is 0. The fourth-order valence-electron chi connectivity index (χ4n) is 3.55. The van der Waals surface area contributed by atoms with Crippen LogP contribution in [0.15, 0.2) is 23.6 Å². The number of carbonyl (C=O) groups is 3. The molecule has 0 radical (unpaired) electrons. The molecule has 0 spiro atoms. The van der Waals surface area contributed by atoms with Crippen molar-refractivity contribution in [1.29, 1.82) is 0 Å². The van der Waals surface area contributed by atoms with Crippen LogP contribution < -0.4 is 10.6 Å². The highest BCUT2D eigenvalue weighted by atomic mass is 32.1. The van der Waals surface area contributed by atoms with Crippen LogP contribution >= 0.6 is 11.3 Å². The SMILES string of the molecule is CC(=O)Nc1nc(C2(C(=O)NCc3cc(CF)cc(C(F)(F)F)c3)CCC(=O)C2)cs1. The lowest BCUT2D eigenvalue weighted by molar-refractivity contribution is -0.137. The van der Waals surface area contributed by atoms with Gasteiger partial charge in [0.25, 0.3) is 0 Å². The van der Waals surface area contributed by atoms with Gasteiger partial charge in [0.2, 0.25) is 11.8 Å². The normalized spacial score (nSPS) is 18.8. The molecule has 1 aromatic heterocycles. The predicted octanol–water partition coefficient (Wildman–Crippen LogP) is 3.90. The fraction of sp³-hybridized carbons (Fsp3) is 0.400. The van der Waals surface area contributed by atoms with Gasteiger partial charge in [-0.2, -0.15) is 13.2 Å². The van der Waals surface area contributed by atoms with E-state index in [2.05, 4.69) is 15.6 Å². The van der Waals surface area contributed by atoms with Gasteiger partial charge in [-0.1, -0.05) is 6.07 Å². The summed E-state index contributed by atoms with van der Waals surface area (Å²) in [6.07, 6.45) is -4.39. The number of thiazole rings is 1. The second kappa shape index (κ2) is 8.74. The number of ketones is 1. The Balaban J connectivity index is 1.83. The second-order valence-electron chi connectivity index (χ2n) is 7.37. The number of carbonyl (C=O) groups excluding carboxylic acids is 3. The van der Waals surface area contributed by atoms with Gasteiger partial charge in [-0.15, -0.1) is 11.3 Å². The van der Waals surface area contributed by atoms with E-state index in [0.717, 1.165) is 23.5 Å². The van der Waals surface area contributed by atoms with Crippen LogP contribution in [0.2, 0.25) is 0 Å². The van der Waals surface area contributed by atoms with Crippen LogP contribution in [0.4, 0.5) is 22.7 Å². The lowest BCUT2D eigenvalue weighted by Gasteiger charge is -2.25. The Morgan fingerprint density at radius 2 is 1.94 bits per heavy atom. The molecule has 2 aromatic rings. The third-order valence-corrected chi connectivity index (χ3v) is 5.79. The molecule has 1 saturated carbocycles. The third-order valence-electron chi connectivity index (χ3n) is 5.03. The van der Waals surface area contributed by atoms with E-state index in [-0.39, 0.29) is 53.8 Å². The topological polar surface area (TPSA) is 88.2 Å². The number of hydrogen-bond acceptors (Lipinski definition) is 5. The van der Waals surface area contributed by atoms with Crippen molar-refractivity contribution in [3.63, 3.8) is 0 Å². The molecule has 1 atom stereocenters. The molecule has 0 bridgehead atoms. The van der Waals surface area contributed by atoms with Gasteiger partial charge in [0.05, 0.1) is 16.7 Å². The molecule has 31 heavy (non-hydrogen) atoms. The van der Waals surface area contributed by atoms with E-state index in [4.69, 9.17) is 0 Å². The van der Waals surface area contributed by atoms with Crippen LogP contribution in [0.25, 0.3) is 0 Å². The van der Waals surface area contributed by atoms with Crippen molar-refractivity contribution < 1.29 is 31.9 Å². The van der Waals surface area contributed by atoms with E-state index in [1.807, 2.05) is 0 Å². The van der Waals surface area contributed by atoms with Crippen molar-refractivity contribution in [2.24, 2.45) is 0 Å². The monoisotopic (exact) mass is 457 g/mol. The Morgan fingerprint density at radius 3 is 2.52 bits per heavy atom. The lowest BCUT2D eigenvalue weighted by atomic mass is 9.82. The number of rotatable bonds is 6. The zero-order valence-electron chi connectivity index (χ0n) is 16.4. The lowest BCUT2D eigenvalue weighted by Crippen LogP contribution is -2.43. The molecular formula is C20H19F4N3O3S. The van der Waals surface area contributed by atoms with E-state index < -0.39 is 29.7 Å². The van der Waals surface area contributed by atoms with Crippen molar-refractivity contribution >= 4 is 34.1 Å². The van der Waals surface area contributed by atoms with Crippen LogP contribution in [0.5, 0.6) is 0 Å². The van der Waals surface area contributed by atoms with Gasteiger partial charge in [0.15, 0.2) is 5.13 Å². The summed E-state index contributed by atoms with van der Waals surface area (Å²) in [5, 5.41) is 6.95. The summed E-state index contributed by atoms with van der Waals surface area (Å²) < 4.78 is 52.2.